The van der Waals surface area contributed by atoms with Crippen LogP contribution in [0.25, 0.3) is 5.65 Å². The Hall–Kier alpha value is -2.18. The summed E-state index contributed by atoms with van der Waals surface area (Å²) >= 11 is 0. The van der Waals surface area contributed by atoms with Gasteiger partial charge in [-0.2, -0.15) is 4.52 Å². The molecule has 4 rings (SSSR count). The summed E-state index contributed by atoms with van der Waals surface area (Å²) < 4.78 is 1.91. The molecule has 26 heavy (non-hydrogen) atoms. The molecule has 0 spiro atoms. The zero-order valence-corrected chi connectivity index (χ0v) is 15.9. The number of anilines is 1. The second kappa shape index (κ2) is 6.52. The molecular weight excluding hydrogens is 328 g/mol. The molecule has 7 heteroatoms. The minimum absolute atomic E-state index is 0.118. The Balaban J connectivity index is 1.45. The molecule has 1 N–H and O–H groups in total. The summed E-state index contributed by atoms with van der Waals surface area (Å²) in [7, 11) is 0. The van der Waals surface area contributed by atoms with Gasteiger partial charge in [-0.15, -0.1) is 15.3 Å². The Labute approximate surface area is 154 Å². The first kappa shape index (κ1) is 17.2. The molecule has 140 valence electrons. The van der Waals surface area contributed by atoms with Crippen molar-refractivity contribution in [1.82, 2.24) is 25.1 Å². The summed E-state index contributed by atoms with van der Waals surface area (Å²) in [4.78, 5) is 14.5. The van der Waals surface area contributed by atoms with Gasteiger partial charge >= 0.3 is 0 Å². The number of carbonyl (C=O) groups excluding carboxylic acids is 1. The molecule has 1 aliphatic heterocycles. The van der Waals surface area contributed by atoms with E-state index in [4.69, 9.17) is 5.10 Å². The third-order valence-electron chi connectivity index (χ3n) is 5.29. The average Bonchev–Trinajstić information content (AvgIpc) is 3.38. The fourth-order valence-electron chi connectivity index (χ4n) is 3.50. The number of carbonyl (C=O) groups is 1. The molecular formula is C19H28N6O. The van der Waals surface area contributed by atoms with E-state index in [0.29, 0.717) is 11.8 Å². The highest BCUT2D eigenvalue weighted by Crippen LogP contribution is 2.38. The van der Waals surface area contributed by atoms with Crippen molar-refractivity contribution < 1.29 is 4.79 Å². The predicted octanol–water partition coefficient (Wildman–Crippen LogP) is 2.38. The van der Waals surface area contributed by atoms with E-state index in [-0.39, 0.29) is 11.3 Å². The number of rotatable bonds is 4. The molecule has 0 radical (unpaired) electrons. The number of hydrogen-bond acceptors (Lipinski definition) is 5. The summed E-state index contributed by atoms with van der Waals surface area (Å²) in [5, 5.41) is 16.5. The molecule has 1 atom stereocenters. The molecule has 2 fully saturated rings. The normalized spacial score (nSPS) is 21.2. The molecule has 3 heterocycles. The van der Waals surface area contributed by atoms with Gasteiger partial charge in [-0.3, -0.25) is 4.79 Å². The molecule has 1 unspecified atom stereocenters. The Morgan fingerprint density at radius 1 is 1.23 bits per heavy atom. The maximum Gasteiger partial charge on any atom is 0.225 e. The topological polar surface area (TPSA) is 75.4 Å². The van der Waals surface area contributed by atoms with E-state index in [1.165, 1.54) is 12.8 Å². The molecule has 1 saturated heterocycles. The maximum absolute atomic E-state index is 12.1. The monoisotopic (exact) mass is 356 g/mol. The number of piperidine rings is 1. The number of nitrogens with one attached hydrogen (secondary N) is 1. The second-order valence-electron chi connectivity index (χ2n) is 8.71. The first-order valence-electron chi connectivity index (χ1n) is 9.67. The predicted molar refractivity (Wildman–Crippen MR) is 100 cm³/mol. The molecule has 0 bridgehead atoms. The lowest BCUT2D eigenvalue weighted by molar-refractivity contribution is -0.128. The standard InChI is InChI=1S/C19H28N6O/c1-19(2,3)18(26)20-11-13-5-4-10-24(12-13)16-9-8-15-21-22-17(14-6-7-14)25(15)23-16/h8-9,13-14H,4-7,10-12H2,1-3H3,(H,20,26). The SMILES string of the molecule is CC(C)(C)C(=O)NCC1CCCN(c2ccc3nnc(C4CC4)n3n2)C1. The van der Waals surface area contributed by atoms with Crippen LogP contribution < -0.4 is 10.2 Å². The van der Waals surface area contributed by atoms with Gasteiger partial charge < -0.3 is 10.2 Å². The van der Waals surface area contributed by atoms with Gasteiger partial charge in [-0.1, -0.05) is 20.8 Å². The molecule has 1 saturated carbocycles. The van der Waals surface area contributed by atoms with E-state index in [9.17, 15) is 4.79 Å². The summed E-state index contributed by atoms with van der Waals surface area (Å²) in [5.74, 6) is 3.07. The number of fused-ring (bicyclic) bond motifs is 1. The number of aromatic nitrogens is 4. The smallest absolute Gasteiger partial charge is 0.225 e. The van der Waals surface area contributed by atoms with Gasteiger partial charge in [0, 0.05) is 31.0 Å². The fourth-order valence-corrected chi connectivity index (χ4v) is 3.50. The molecule has 0 aromatic carbocycles. The van der Waals surface area contributed by atoms with Crippen LogP contribution in [-0.4, -0.2) is 45.4 Å². The van der Waals surface area contributed by atoms with Crippen LogP contribution in [0.15, 0.2) is 12.1 Å². The van der Waals surface area contributed by atoms with Crippen LogP contribution in [0.3, 0.4) is 0 Å². The lowest BCUT2D eigenvalue weighted by Crippen LogP contribution is -2.43. The van der Waals surface area contributed by atoms with Crippen LogP contribution >= 0.6 is 0 Å². The molecule has 1 aliphatic carbocycles. The Morgan fingerprint density at radius 3 is 2.77 bits per heavy atom. The lowest BCUT2D eigenvalue weighted by atomic mass is 9.94. The van der Waals surface area contributed by atoms with Crippen molar-refractivity contribution in [2.75, 3.05) is 24.5 Å². The van der Waals surface area contributed by atoms with Crippen LogP contribution in [0, 0.1) is 11.3 Å². The summed E-state index contributed by atoms with van der Waals surface area (Å²) in [5.41, 5.74) is 0.482. The quantitative estimate of drug-likeness (QED) is 0.910. The number of nitrogens with zero attached hydrogens (tertiary/aromatic N) is 5. The van der Waals surface area contributed by atoms with Gasteiger partial charge in [0.1, 0.15) is 5.82 Å². The highest BCUT2D eigenvalue weighted by atomic mass is 16.2. The number of amides is 1. The van der Waals surface area contributed by atoms with Crippen LogP contribution in [-0.2, 0) is 4.79 Å². The maximum atomic E-state index is 12.1. The molecule has 1 amide bonds. The van der Waals surface area contributed by atoms with E-state index in [0.717, 1.165) is 49.8 Å². The first-order chi connectivity index (χ1) is 12.4. The Morgan fingerprint density at radius 2 is 2.04 bits per heavy atom. The van der Waals surface area contributed by atoms with E-state index >= 15 is 0 Å². The molecule has 2 aromatic rings. The minimum Gasteiger partial charge on any atom is -0.355 e. The first-order valence-corrected chi connectivity index (χ1v) is 9.67. The summed E-state index contributed by atoms with van der Waals surface area (Å²) in [6.07, 6.45) is 4.63. The largest absolute Gasteiger partial charge is 0.355 e. The van der Waals surface area contributed by atoms with Crippen LogP contribution in [0.5, 0.6) is 0 Å². The average molecular weight is 356 g/mol. The Bertz CT molecular complexity index is 804. The van der Waals surface area contributed by atoms with Crippen molar-refractivity contribution in [3.63, 3.8) is 0 Å². The van der Waals surface area contributed by atoms with Gasteiger partial charge in [0.05, 0.1) is 0 Å². The van der Waals surface area contributed by atoms with Gasteiger partial charge in [0.25, 0.3) is 0 Å². The van der Waals surface area contributed by atoms with Crippen molar-refractivity contribution in [2.24, 2.45) is 11.3 Å². The van der Waals surface area contributed by atoms with Crippen LogP contribution in [0.2, 0.25) is 0 Å². The van der Waals surface area contributed by atoms with Crippen LogP contribution in [0.1, 0.15) is 58.2 Å². The Kier molecular flexibility index (Phi) is 4.32. The zero-order chi connectivity index (χ0) is 18.3. The molecule has 2 aromatic heterocycles. The van der Waals surface area contributed by atoms with E-state index in [1.54, 1.807) is 0 Å². The van der Waals surface area contributed by atoms with Crippen molar-refractivity contribution in [1.29, 1.82) is 0 Å². The van der Waals surface area contributed by atoms with Crippen molar-refractivity contribution in [3.8, 4) is 0 Å². The van der Waals surface area contributed by atoms with Gasteiger partial charge in [0.2, 0.25) is 5.91 Å². The van der Waals surface area contributed by atoms with E-state index in [2.05, 4.69) is 20.4 Å². The van der Waals surface area contributed by atoms with E-state index < -0.39 is 0 Å². The minimum atomic E-state index is -0.339. The summed E-state index contributed by atoms with van der Waals surface area (Å²) in [6, 6.07) is 4.04. The highest BCUT2D eigenvalue weighted by Gasteiger charge is 2.30. The van der Waals surface area contributed by atoms with Gasteiger partial charge in [-0.25, -0.2) is 0 Å². The second-order valence-corrected chi connectivity index (χ2v) is 8.71. The number of hydrogen-bond donors (Lipinski definition) is 1. The van der Waals surface area contributed by atoms with Gasteiger partial charge in [-0.05, 0) is 43.7 Å². The highest BCUT2D eigenvalue weighted by molar-refractivity contribution is 5.81. The molecule has 7 nitrogen and oxygen atoms in total. The zero-order valence-electron chi connectivity index (χ0n) is 15.9. The van der Waals surface area contributed by atoms with E-state index in [1.807, 2.05) is 37.4 Å². The van der Waals surface area contributed by atoms with Crippen molar-refractivity contribution in [3.05, 3.63) is 18.0 Å². The third kappa shape index (κ3) is 3.52. The van der Waals surface area contributed by atoms with Gasteiger partial charge in [0.15, 0.2) is 11.5 Å². The van der Waals surface area contributed by atoms with Crippen LogP contribution in [0.4, 0.5) is 5.82 Å². The lowest BCUT2D eigenvalue weighted by Gasteiger charge is -2.34. The third-order valence-corrected chi connectivity index (χ3v) is 5.29. The van der Waals surface area contributed by atoms with Crippen molar-refractivity contribution in [2.45, 2.75) is 52.4 Å². The van der Waals surface area contributed by atoms with Crippen molar-refractivity contribution >= 4 is 17.4 Å². The fraction of sp³-hybridized carbons (Fsp3) is 0.684. The molecule has 2 aliphatic rings. The summed E-state index contributed by atoms with van der Waals surface area (Å²) in [6.45, 7) is 8.50.